The Labute approximate surface area is 185 Å². The third-order valence-corrected chi connectivity index (χ3v) is 5.42. The molecule has 3 rings (SSSR count). The van der Waals surface area contributed by atoms with Crippen LogP contribution in [0.15, 0.2) is 34.8 Å². The van der Waals surface area contributed by atoms with Gasteiger partial charge in [0.25, 0.3) is 0 Å². The molecule has 0 spiro atoms. The van der Waals surface area contributed by atoms with Crippen molar-refractivity contribution in [2.75, 3.05) is 57.3 Å². The number of nitrogens with one attached hydrogen (secondary N) is 1. The molecule has 162 valence electrons. The first kappa shape index (κ1) is 22.2. The number of nitrogens with zero attached hydrogens (tertiary/aromatic N) is 1. The summed E-state index contributed by atoms with van der Waals surface area (Å²) in [5.41, 5.74) is 3.24. The monoisotopic (exact) mass is 478 g/mol. The maximum absolute atomic E-state index is 12.4. The second-order valence-corrected chi connectivity index (χ2v) is 7.57. The van der Waals surface area contributed by atoms with E-state index in [2.05, 4.69) is 26.1 Å². The zero-order valence-corrected chi connectivity index (χ0v) is 19.1. The largest absolute Gasteiger partial charge is 0.493 e. The fourth-order valence-corrected chi connectivity index (χ4v) is 3.97. The van der Waals surface area contributed by atoms with Crippen molar-refractivity contribution in [2.45, 2.75) is 13.5 Å². The average Bonchev–Trinajstić information content (AvgIpc) is 2.79. The molecule has 30 heavy (non-hydrogen) atoms. The van der Waals surface area contributed by atoms with Gasteiger partial charge in [0.05, 0.1) is 49.8 Å². The maximum atomic E-state index is 12.4. The van der Waals surface area contributed by atoms with Crippen LogP contribution in [0.4, 0.5) is 11.4 Å². The van der Waals surface area contributed by atoms with Crippen molar-refractivity contribution < 1.29 is 23.7 Å². The minimum absolute atomic E-state index is 0.356. The van der Waals surface area contributed by atoms with Crippen LogP contribution in [-0.4, -0.2) is 53.1 Å². The van der Waals surface area contributed by atoms with Gasteiger partial charge < -0.3 is 29.2 Å². The summed E-state index contributed by atoms with van der Waals surface area (Å²) < 4.78 is 22.4. The summed E-state index contributed by atoms with van der Waals surface area (Å²) in [6.07, 6.45) is 0. The van der Waals surface area contributed by atoms with Crippen LogP contribution in [0, 0.1) is 0 Å². The lowest BCUT2D eigenvalue weighted by Crippen LogP contribution is -2.37. The summed E-state index contributed by atoms with van der Waals surface area (Å²) in [5.74, 6) is 0.998. The predicted octanol–water partition coefficient (Wildman–Crippen LogP) is 4.09. The lowest BCUT2D eigenvalue weighted by molar-refractivity contribution is 0.0600. The van der Waals surface area contributed by atoms with Crippen LogP contribution < -0.4 is 19.7 Å². The van der Waals surface area contributed by atoms with Gasteiger partial charge in [-0.05, 0) is 58.7 Å². The molecule has 2 aromatic carbocycles. The number of anilines is 2. The maximum Gasteiger partial charge on any atom is 0.340 e. The van der Waals surface area contributed by atoms with Gasteiger partial charge in [0.15, 0.2) is 11.5 Å². The predicted molar refractivity (Wildman–Crippen MR) is 120 cm³/mol. The molecule has 0 atom stereocenters. The molecule has 0 amide bonds. The SMILES string of the molecule is CCOc1c(Br)cc(CNc2ccc(N3CCOCC3)c(C(=O)OC)c2)cc1OC. The number of hydrogen-bond acceptors (Lipinski definition) is 7. The summed E-state index contributed by atoms with van der Waals surface area (Å²) >= 11 is 3.55. The highest BCUT2D eigenvalue weighted by Crippen LogP contribution is 2.37. The van der Waals surface area contributed by atoms with Gasteiger partial charge in [-0.25, -0.2) is 4.79 Å². The molecule has 0 aromatic heterocycles. The molecule has 1 N–H and O–H groups in total. The van der Waals surface area contributed by atoms with Crippen molar-refractivity contribution in [3.05, 3.63) is 45.9 Å². The Hall–Kier alpha value is -2.45. The molecule has 1 aliphatic rings. The molecule has 2 aromatic rings. The van der Waals surface area contributed by atoms with E-state index in [1.807, 2.05) is 37.3 Å². The van der Waals surface area contributed by atoms with Gasteiger partial charge in [-0.1, -0.05) is 0 Å². The van der Waals surface area contributed by atoms with Crippen LogP contribution in [0.25, 0.3) is 0 Å². The third kappa shape index (κ3) is 5.17. The average molecular weight is 479 g/mol. The zero-order chi connectivity index (χ0) is 21.5. The number of carbonyl (C=O) groups is 1. The summed E-state index contributed by atoms with van der Waals surface area (Å²) in [5, 5.41) is 3.37. The fourth-order valence-electron chi connectivity index (χ4n) is 3.36. The van der Waals surface area contributed by atoms with E-state index < -0.39 is 0 Å². The standard InChI is InChI=1S/C22H27BrN2O5/c1-4-30-21-18(23)11-15(12-20(21)27-2)14-24-16-5-6-19(17(13-16)22(26)28-3)25-7-9-29-10-8-25/h5-6,11-13,24H,4,7-10,14H2,1-3H3. The number of esters is 1. The third-order valence-electron chi connectivity index (χ3n) is 4.83. The molecule has 0 unspecified atom stereocenters. The minimum Gasteiger partial charge on any atom is -0.493 e. The van der Waals surface area contributed by atoms with E-state index in [0.29, 0.717) is 43.4 Å². The van der Waals surface area contributed by atoms with Gasteiger partial charge >= 0.3 is 5.97 Å². The number of halogens is 1. The lowest BCUT2D eigenvalue weighted by Gasteiger charge is -2.30. The molecule has 1 aliphatic heterocycles. The molecule has 1 saturated heterocycles. The van der Waals surface area contributed by atoms with Gasteiger partial charge in [0, 0.05) is 25.3 Å². The Morgan fingerprint density at radius 2 is 1.97 bits per heavy atom. The van der Waals surface area contributed by atoms with E-state index in [1.54, 1.807) is 7.11 Å². The molecule has 8 heteroatoms. The van der Waals surface area contributed by atoms with Crippen molar-refractivity contribution in [2.24, 2.45) is 0 Å². The molecule has 7 nitrogen and oxygen atoms in total. The van der Waals surface area contributed by atoms with Gasteiger partial charge in [-0.15, -0.1) is 0 Å². The van der Waals surface area contributed by atoms with E-state index in [1.165, 1.54) is 7.11 Å². The van der Waals surface area contributed by atoms with Gasteiger partial charge in [0.2, 0.25) is 0 Å². The van der Waals surface area contributed by atoms with Crippen molar-refractivity contribution in [1.29, 1.82) is 0 Å². The van der Waals surface area contributed by atoms with Crippen LogP contribution in [0.5, 0.6) is 11.5 Å². The number of carbonyl (C=O) groups excluding carboxylic acids is 1. The number of hydrogen-bond donors (Lipinski definition) is 1. The quantitative estimate of drug-likeness (QED) is 0.572. The molecule has 0 aliphatic carbocycles. The normalized spacial score (nSPS) is 13.7. The summed E-state index contributed by atoms with van der Waals surface area (Å²) in [6, 6.07) is 9.68. The molecule has 0 bridgehead atoms. The highest BCUT2D eigenvalue weighted by Gasteiger charge is 2.20. The Bertz CT molecular complexity index is 884. The Morgan fingerprint density at radius 1 is 1.20 bits per heavy atom. The second-order valence-electron chi connectivity index (χ2n) is 6.72. The molecule has 0 saturated carbocycles. The van der Waals surface area contributed by atoms with E-state index in [9.17, 15) is 4.79 Å². The van der Waals surface area contributed by atoms with Crippen LogP contribution in [0.1, 0.15) is 22.8 Å². The van der Waals surface area contributed by atoms with E-state index >= 15 is 0 Å². The van der Waals surface area contributed by atoms with Crippen LogP contribution in [0.3, 0.4) is 0 Å². The first-order valence-electron chi connectivity index (χ1n) is 9.85. The first-order valence-corrected chi connectivity index (χ1v) is 10.6. The minimum atomic E-state index is -0.356. The van der Waals surface area contributed by atoms with Gasteiger partial charge in [-0.3, -0.25) is 0 Å². The molecule has 0 radical (unpaired) electrons. The Kier molecular flexibility index (Phi) is 7.81. The number of rotatable bonds is 8. The van der Waals surface area contributed by atoms with Crippen molar-refractivity contribution in [1.82, 2.24) is 0 Å². The summed E-state index contributed by atoms with van der Waals surface area (Å²) in [4.78, 5) is 14.5. The summed E-state index contributed by atoms with van der Waals surface area (Å²) in [7, 11) is 3.02. The van der Waals surface area contributed by atoms with Crippen molar-refractivity contribution in [3.8, 4) is 11.5 Å². The second kappa shape index (κ2) is 10.5. The first-order chi connectivity index (χ1) is 14.6. The molecular weight excluding hydrogens is 452 g/mol. The number of morpholine rings is 1. The molecule has 1 fully saturated rings. The van der Waals surface area contributed by atoms with E-state index in [-0.39, 0.29) is 5.97 Å². The molecule has 1 heterocycles. The van der Waals surface area contributed by atoms with E-state index in [0.717, 1.165) is 34.5 Å². The van der Waals surface area contributed by atoms with Crippen molar-refractivity contribution in [3.63, 3.8) is 0 Å². The fraction of sp³-hybridized carbons (Fsp3) is 0.409. The number of benzene rings is 2. The van der Waals surface area contributed by atoms with Gasteiger partial charge in [0.1, 0.15) is 0 Å². The summed E-state index contributed by atoms with van der Waals surface area (Å²) in [6.45, 7) is 5.83. The smallest absolute Gasteiger partial charge is 0.340 e. The lowest BCUT2D eigenvalue weighted by atomic mass is 10.1. The highest BCUT2D eigenvalue weighted by atomic mass is 79.9. The van der Waals surface area contributed by atoms with Crippen LogP contribution in [-0.2, 0) is 16.0 Å². The highest BCUT2D eigenvalue weighted by molar-refractivity contribution is 9.10. The van der Waals surface area contributed by atoms with Gasteiger partial charge in [-0.2, -0.15) is 0 Å². The van der Waals surface area contributed by atoms with Crippen LogP contribution >= 0.6 is 15.9 Å². The number of ether oxygens (including phenoxy) is 4. The Balaban J connectivity index is 1.80. The molecular formula is C22H27BrN2O5. The zero-order valence-electron chi connectivity index (χ0n) is 17.5. The Morgan fingerprint density at radius 3 is 2.63 bits per heavy atom. The van der Waals surface area contributed by atoms with E-state index in [4.69, 9.17) is 18.9 Å². The topological polar surface area (TPSA) is 69.3 Å². The number of methoxy groups -OCH3 is 2. The van der Waals surface area contributed by atoms with Crippen molar-refractivity contribution >= 4 is 33.3 Å². The van der Waals surface area contributed by atoms with Crippen LogP contribution in [0.2, 0.25) is 0 Å².